The summed E-state index contributed by atoms with van der Waals surface area (Å²) in [6, 6.07) is 16.7. The maximum Gasteiger partial charge on any atom is 0.308 e. The van der Waals surface area contributed by atoms with Gasteiger partial charge in [0.2, 0.25) is 5.91 Å². The topological polar surface area (TPSA) is 83.4 Å². The lowest BCUT2D eigenvalue weighted by Gasteiger charge is -2.29. The van der Waals surface area contributed by atoms with Gasteiger partial charge in [0.05, 0.1) is 30.9 Å². The molecule has 146 valence electrons. The van der Waals surface area contributed by atoms with E-state index in [4.69, 9.17) is 4.74 Å². The molecule has 2 aromatic carbocycles. The van der Waals surface area contributed by atoms with Crippen molar-refractivity contribution < 1.29 is 14.3 Å². The fourth-order valence-electron chi connectivity index (χ4n) is 3.12. The largest absolute Gasteiger partial charge is 0.469 e. The number of hydrogen-bond acceptors (Lipinski definition) is 6. The Morgan fingerprint density at radius 3 is 2.21 bits per heavy atom. The number of azo groups is 1. The zero-order valence-corrected chi connectivity index (χ0v) is 15.9. The van der Waals surface area contributed by atoms with Gasteiger partial charge in [0, 0.05) is 5.69 Å². The summed E-state index contributed by atoms with van der Waals surface area (Å²) in [6.45, 7) is 1.74. The predicted molar refractivity (Wildman–Crippen MR) is 107 cm³/mol. The molecule has 0 saturated carbocycles. The van der Waals surface area contributed by atoms with E-state index in [0.717, 1.165) is 18.5 Å². The molecule has 1 aliphatic heterocycles. The van der Waals surface area contributed by atoms with Gasteiger partial charge in [-0.15, -0.1) is 0 Å². The van der Waals surface area contributed by atoms with Crippen molar-refractivity contribution in [2.75, 3.05) is 32.1 Å². The first-order chi connectivity index (χ1) is 13.6. The zero-order valence-electron chi connectivity index (χ0n) is 15.9. The van der Waals surface area contributed by atoms with Crippen molar-refractivity contribution in [1.29, 1.82) is 0 Å². The highest BCUT2D eigenvalue weighted by Gasteiger charge is 2.26. The third-order valence-corrected chi connectivity index (χ3v) is 4.68. The highest BCUT2D eigenvalue weighted by atomic mass is 16.5. The van der Waals surface area contributed by atoms with E-state index in [1.165, 1.54) is 7.11 Å². The second kappa shape index (κ2) is 9.75. The molecule has 7 heteroatoms. The summed E-state index contributed by atoms with van der Waals surface area (Å²) in [7, 11) is 1.41. The Bertz CT molecular complexity index is 813. The first-order valence-electron chi connectivity index (χ1n) is 9.31. The second-order valence-corrected chi connectivity index (χ2v) is 6.70. The Labute approximate surface area is 164 Å². The van der Waals surface area contributed by atoms with Gasteiger partial charge in [-0.25, -0.2) is 0 Å². The van der Waals surface area contributed by atoms with Crippen molar-refractivity contribution in [2.45, 2.75) is 12.8 Å². The number of carbonyl (C=O) groups is 2. The van der Waals surface area contributed by atoms with Crippen LogP contribution in [0.1, 0.15) is 12.8 Å². The Morgan fingerprint density at radius 1 is 1.00 bits per heavy atom. The normalized spacial score (nSPS) is 15.5. The number of likely N-dealkylation sites (tertiary alicyclic amines) is 1. The van der Waals surface area contributed by atoms with Crippen molar-refractivity contribution in [1.82, 2.24) is 4.90 Å². The Hall–Kier alpha value is -3.06. The first-order valence-corrected chi connectivity index (χ1v) is 9.31. The van der Waals surface area contributed by atoms with E-state index >= 15 is 0 Å². The number of carbonyl (C=O) groups excluding carboxylic acids is 2. The lowest BCUT2D eigenvalue weighted by Crippen LogP contribution is -2.41. The summed E-state index contributed by atoms with van der Waals surface area (Å²) in [6.07, 6.45) is 1.45. The standard InChI is InChI=1S/C21H24N4O3/c1-28-21(27)16-11-13-25(14-12-16)15-20(26)22-17-7-9-19(10-8-17)24-23-18-5-3-2-4-6-18/h2-10,16H,11-15H2,1H3,(H,22,26). The third kappa shape index (κ3) is 5.72. The van der Waals surface area contributed by atoms with Gasteiger partial charge in [-0.2, -0.15) is 10.2 Å². The molecule has 0 bridgehead atoms. The van der Waals surface area contributed by atoms with Crippen molar-refractivity contribution in [3.05, 3.63) is 54.6 Å². The number of hydrogen-bond donors (Lipinski definition) is 1. The average Bonchev–Trinajstić information content (AvgIpc) is 2.74. The number of benzene rings is 2. The molecule has 2 aromatic rings. The number of rotatable bonds is 6. The van der Waals surface area contributed by atoms with Gasteiger partial charge in [-0.3, -0.25) is 14.5 Å². The van der Waals surface area contributed by atoms with E-state index in [0.29, 0.717) is 31.0 Å². The third-order valence-electron chi connectivity index (χ3n) is 4.68. The number of methoxy groups -OCH3 is 1. The van der Waals surface area contributed by atoms with Crippen LogP contribution in [-0.2, 0) is 14.3 Å². The summed E-state index contributed by atoms with van der Waals surface area (Å²) in [4.78, 5) is 25.9. The van der Waals surface area contributed by atoms with Crippen LogP contribution in [-0.4, -0.2) is 43.5 Å². The Morgan fingerprint density at radius 2 is 1.61 bits per heavy atom. The molecule has 3 rings (SSSR count). The van der Waals surface area contributed by atoms with E-state index in [1.54, 1.807) is 12.1 Å². The van der Waals surface area contributed by atoms with Crippen molar-refractivity contribution in [3.8, 4) is 0 Å². The molecule has 0 aromatic heterocycles. The lowest BCUT2D eigenvalue weighted by molar-refractivity contribution is -0.147. The summed E-state index contributed by atoms with van der Waals surface area (Å²) in [5, 5.41) is 11.2. The molecule has 1 saturated heterocycles. The van der Waals surface area contributed by atoms with Crippen LogP contribution < -0.4 is 5.32 Å². The van der Waals surface area contributed by atoms with Crippen LogP contribution >= 0.6 is 0 Å². The lowest BCUT2D eigenvalue weighted by atomic mass is 9.97. The zero-order chi connectivity index (χ0) is 19.8. The van der Waals surface area contributed by atoms with Crippen LogP contribution in [0.3, 0.4) is 0 Å². The molecule has 1 heterocycles. The molecular weight excluding hydrogens is 356 g/mol. The van der Waals surface area contributed by atoms with Crippen LogP contribution in [0.2, 0.25) is 0 Å². The van der Waals surface area contributed by atoms with Crippen LogP contribution in [0.25, 0.3) is 0 Å². The molecule has 0 unspecified atom stereocenters. The van der Waals surface area contributed by atoms with E-state index in [2.05, 4.69) is 20.4 Å². The van der Waals surface area contributed by atoms with Gasteiger partial charge in [0.25, 0.3) is 0 Å². The fourth-order valence-corrected chi connectivity index (χ4v) is 3.12. The molecular formula is C21H24N4O3. The average molecular weight is 380 g/mol. The molecule has 1 fully saturated rings. The van der Waals surface area contributed by atoms with E-state index < -0.39 is 0 Å². The van der Waals surface area contributed by atoms with Gasteiger partial charge in [-0.05, 0) is 62.3 Å². The molecule has 1 N–H and O–H groups in total. The number of nitrogens with one attached hydrogen (secondary N) is 1. The van der Waals surface area contributed by atoms with Crippen LogP contribution in [0, 0.1) is 5.92 Å². The van der Waals surface area contributed by atoms with Crippen LogP contribution in [0.5, 0.6) is 0 Å². The quantitative estimate of drug-likeness (QED) is 0.608. The minimum absolute atomic E-state index is 0.0538. The number of esters is 1. The Kier molecular flexibility index (Phi) is 6.86. The minimum atomic E-state index is -0.159. The summed E-state index contributed by atoms with van der Waals surface area (Å²) >= 11 is 0. The molecule has 7 nitrogen and oxygen atoms in total. The summed E-state index contributed by atoms with van der Waals surface area (Å²) in [5.41, 5.74) is 2.22. The number of piperidine rings is 1. The SMILES string of the molecule is COC(=O)C1CCN(CC(=O)Nc2ccc(N=Nc3ccccc3)cc2)CC1. The number of amides is 1. The van der Waals surface area contributed by atoms with E-state index in [1.807, 2.05) is 42.5 Å². The molecule has 28 heavy (non-hydrogen) atoms. The first kappa shape index (κ1) is 19.7. The number of ether oxygens (including phenoxy) is 1. The molecule has 1 amide bonds. The monoisotopic (exact) mass is 380 g/mol. The van der Waals surface area contributed by atoms with E-state index in [-0.39, 0.29) is 17.8 Å². The summed E-state index contributed by atoms with van der Waals surface area (Å²) in [5.74, 6) is -0.286. The molecule has 0 aliphatic carbocycles. The van der Waals surface area contributed by atoms with Crippen molar-refractivity contribution >= 4 is 28.9 Å². The van der Waals surface area contributed by atoms with Gasteiger partial charge >= 0.3 is 5.97 Å². The number of nitrogens with zero attached hydrogens (tertiary/aromatic N) is 3. The Balaban J connectivity index is 1.46. The van der Waals surface area contributed by atoms with E-state index in [9.17, 15) is 9.59 Å². The predicted octanol–water partition coefficient (Wildman–Crippen LogP) is 3.93. The molecule has 1 aliphatic rings. The van der Waals surface area contributed by atoms with Gasteiger partial charge < -0.3 is 10.1 Å². The second-order valence-electron chi connectivity index (χ2n) is 6.70. The highest BCUT2D eigenvalue weighted by molar-refractivity contribution is 5.92. The summed E-state index contributed by atoms with van der Waals surface area (Å²) < 4.78 is 4.79. The smallest absolute Gasteiger partial charge is 0.308 e. The molecule has 0 atom stereocenters. The fraction of sp³-hybridized carbons (Fsp3) is 0.333. The molecule has 0 spiro atoms. The van der Waals surface area contributed by atoms with Gasteiger partial charge in [0.1, 0.15) is 0 Å². The van der Waals surface area contributed by atoms with Crippen LogP contribution in [0.4, 0.5) is 17.1 Å². The maximum absolute atomic E-state index is 12.3. The van der Waals surface area contributed by atoms with Crippen LogP contribution in [0.15, 0.2) is 64.8 Å². The van der Waals surface area contributed by atoms with Crippen molar-refractivity contribution in [2.24, 2.45) is 16.1 Å². The maximum atomic E-state index is 12.3. The highest BCUT2D eigenvalue weighted by Crippen LogP contribution is 2.21. The van der Waals surface area contributed by atoms with Gasteiger partial charge in [0.15, 0.2) is 0 Å². The van der Waals surface area contributed by atoms with Crippen molar-refractivity contribution in [3.63, 3.8) is 0 Å². The number of anilines is 1. The van der Waals surface area contributed by atoms with Gasteiger partial charge in [-0.1, -0.05) is 18.2 Å². The molecule has 0 radical (unpaired) electrons. The minimum Gasteiger partial charge on any atom is -0.469 e.